The van der Waals surface area contributed by atoms with E-state index < -0.39 is 0 Å². The Bertz CT molecular complexity index is 355. The molecule has 1 aromatic rings. The van der Waals surface area contributed by atoms with E-state index in [1.165, 1.54) is 6.42 Å². The standard InChI is InChI=1S/C13H18N2O/c14-9-11-6-4-10(5-7-11)8-13(16)15-12-2-1-3-12/h4-7,12H,1-3,8-9,14H2,(H,15,16). The Morgan fingerprint density at radius 2 is 1.88 bits per heavy atom. The molecule has 1 amide bonds. The number of hydrogen-bond donors (Lipinski definition) is 2. The van der Waals surface area contributed by atoms with E-state index in [1.807, 2.05) is 24.3 Å². The summed E-state index contributed by atoms with van der Waals surface area (Å²) in [5.74, 6) is 0.130. The first kappa shape index (κ1) is 11.1. The molecule has 1 saturated carbocycles. The van der Waals surface area contributed by atoms with Gasteiger partial charge in [0.15, 0.2) is 0 Å². The van der Waals surface area contributed by atoms with E-state index in [9.17, 15) is 4.79 Å². The summed E-state index contributed by atoms with van der Waals surface area (Å²) in [7, 11) is 0. The Labute approximate surface area is 96.0 Å². The lowest BCUT2D eigenvalue weighted by atomic mass is 9.93. The van der Waals surface area contributed by atoms with E-state index in [0.717, 1.165) is 24.0 Å². The number of benzene rings is 1. The van der Waals surface area contributed by atoms with E-state index in [2.05, 4.69) is 5.32 Å². The molecule has 1 aliphatic rings. The summed E-state index contributed by atoms with van der Waals surface area (Å²) in [5, 5.41) is 3.03. The maximum atomic E-state index is 11.6. The van der Waals surface area contributed by atoms with Crippen molar-refractivity contribution in [2.45, 2.75) is 38.3 Å². The van der Waals surface area contributed by atoms with Gasteiger partial charge >= 0.3 is 0 Å². The molecule has 1 fully saturated rings. The van der Waals surface area contributed by atoms with Crippen LogP contribution in [0.3, 0.4) is 0 Å². The normalized spacial score (nSPS) is 15.6. The Balaban J connectivity index is 1.84. The third-order valence-electron chi connectivity index (χ3n) is 3.09. The molecule has 0 atom stereocenters. The van der Waals surface area contributed by atoms with Crippen LogP contribution in [0.4, 0.5) is 0 Å². The fraction of sp³-hybridized carbons (Fsp3) is 0.462. The number of carbonyl (C=O) groups is 1. The Hall–Kier alpha value is -1.35. The summed E-state index contributed by atoms with van der Waals surface area (Å²) in [6.07, 6.45) is 3.99. The summed E-state index contributed by atoms with van der Waals surface area (Å²) < 4.78 is 0. The van der Waals surface area contributed by atoms with E-state index in [4.69, 9.17) is 5.73 Å². The van der Waals surface area contributed by atoms with Gasteiger partial charge in [-0.25, -0.2) is 0 Å². The van der Waals surface area contributed by atoms with E-state index >= 15 is 0 Å². The summed E-state index contributed by atoms with van der Waals surface area (Å²) in [6, 6.07) is 8.33. The van der Waals surface area contributed by atoms with Gasteiger partial charge in [-0.3, -0.25) is 4.79 Å². The van der Waals surface area contributed by atoms with Crippen LogP contribution in [0.5, 0.6) is 0 Å². The molecule has 0 aliphatic heterocycles. The molecule has 0 unspecified atom stereocenters. The maximum Gasteiger partial charge on any atom is 0.224 e. The molecule has 0 heterocycles. The zero-order valence-corrected chi connectivity index (χ0v) is 9.41. The van der Waals surface area contributed by atoms with Crippen LogP contribution in [0.2, 0.25) is 0 Å². The van der Waals surface area contributed by atoms with Gasteiger partial charge in [0, 0.05) is 12.6 Å². The maximum absolute atomic E-state index is 11.6. The molecule has 0 aromatic heterocycles. The molecule has 3 nitrogen and oxygen atoms in total. The largest absolute Gasteiger partial charge is 0.353 e. The van der Waals surface area contributed by atoms with Crippen LogP contribution in [-0.2, 0) is 17.8 Å². The topological polar surface area (TPSA) is 55.1 Å². The van der Waals surface area contributed by atoms with Crippen molar-refractivity contribution in [3.8, 4) is 0 Å². The lowest BCUT2D eigenvalue weighted by Gasteiger charge is -2.26. The first-order valence-corrected chi connectivity index (χ1v) is 5.85. The van der Waals surface area contributed by atoms with Crippen molar-refractivity contribution in [1.82, 2.24) is 5.32 Å². The van der Waals surface area contributed by atoms with E-state index in [1.54, 1.807) is 0 Å². The van der Waals surface area contributed by atoms with Gasteiger partial charge in [-0.2, -0.15) is 0 Å². The van der Waals surface area contributed by atoms with Crippen LogP contribution < -0.4 is 11.1 Å². The van der Waals surface area contributed by atoms with Crippen LogP contribution in [0.1, 0.15) is 30.4 Å². The predicted octanol–water partition coefficient (Wildman–Crippen LogP) is 1.36. The van der Waals surface area contributed by atoms with Crippen LogP contribution >= 0.6 is 0 Å². The zero-order chi connectivity index (χ0) is 11.4. The quantitative estimate of drug-likeness (QED) is 0.801. The van der Waals surface area contributed by atoms with Gasteiger partial charge in [-0.15, -0.1) is 0 Å². The molecule has 3 N–H and O–H groups in total. The van der Waals surface area contributed by atoms with Crippen LogP contribution in [0.15, 0.2) is 24.3 Å². The number of nitrogens with one attached hydrogen (secondary N) is 1. The first-order valence-electron chi connectivity index (χ1n) is 5.85. The SMILES string of the molecule is NCc1ccc(CC(=O)NC2CCC2)cc1. The van der Waals surface area contributed by atoms with Crippen molar-refractivity contribution in [3.63, 3.8) is 0 Å². The van der Waals surface area contributed by atoms with Crippen molar-refractivity contribution >= 4 is 5.91 Å². The zero-order valence-electron chi connectivity index (χ0n) is 9.41. The molecule has 0 radical (unpaired) electrons. The minimum Gasteiger partial charge on any atom is -0.353 e. The molecule has 1 aliphatic carbocycles. The van der Waals surface area contributed by atoms with Gasteiger partial charge in [0.05, 0.1) is 6.42 Å². The summed E-state index contributed by atoms with van der Waals surface area (Å²) >= 11 is 0. The molecular weight excluding hydrogens is 200 g/mol. The summed E-state index contributed by atoms with van der Waals surface area (Å²) in [6.45, 7) is 0.550. The third-order valence-corrected chi connectivity index (χ3v) is 3.09. The molecule has 1 aromatic carbocycles. The highest BCUT2D eigenvalue weighted by atomic mass is 16.1. The molecule has 0 bridgehead atoms. The number of nitrogens with two attached hydrogens (primary N) is 1. The second kappa shape index (κ2) is 5.12. The minimum absolute atomic E-state index is 0.130. The van der Waals surface area contributed by atoms with E-state index in [0.29, 0.717) is 19.0 Å². The lowest BCUT2D eigenvalue weighted by Crippen LogP contribution is -2.40. The molecule has 86 valence electrons. The van der Waals surface area contributed by atoms with Gasteiger partial charge < -0.3 is 11.1 Å². The van der Waals surface area contributed by atoms with Crippen molar-refractivity contribution in [1.29, 1.82) is 0 Å². The predicted molar refractivity (Wildman–Crippen MR) is 63.8 cm³/mol. The van der Waals surface area contributed by atoms with Crippen LogP contribution in [-0.4, -0.2) is 11.9 Å². The van der Waals surface area contributed by atoms with Gasteiger partial charge in [0.2, 0.25) is 5.91 Å². The van der Waals surface area contributed by atoms with Gasteiger partial charge in [0.25, 0.3) is 0 Å². The summed E-state index contributed by atoms with van der Waals surface area (Å²) in [4.78, 5) is 11.6. The molecule has 0 saturated heterocycles. The van der Waals surface area contributed by atoms with E-state index in [-0.39, 0.29) is 5.91 Å². The minimum atomic E-state index is 0.130. The Morgan fingerprint density at radius 3 is 2.38 bits per heavy atom. The molecule has 3 heteroatoms. The van der Waals surface area contributed by atoms with Gasteiger partial charge in [0.1, 0.15) is 0 Å². The number of rotatable bonds is 4. The fourth-order valence-corrected chi connectivity index (χ4v) is 1.81. The number of carbonyl (C=O) groups excluding carboxylic acids is 1. The van der Waals surface area contributed by atoms with Gasteiger partial charge in [-0.1, -0.05) is 24.3 Å². The molecule has 0 spiro atoms. The highest BCUT2D eigenvalue weighted by Gasteiger charge is 2.19. The van der Waals surface area contributed by atoms with Crippen molar-refractivity contribution < 1.29 is 4.79 Å². The molecule has 16 heavy (non-hydrogen) atoms. The highest BCUT2D eigenvalue weighted by Crippen LogP contribution is 2.18. The second-order valence-electron chi connectivity index (χ2n) is 4.39. The Kier molecular flexibility index (Phi) is 3.57. The van der Waals surface area contributed by atoms with Crippen LogP contribution in [0, 0.1) is 0 Å². The van der Waals surface area contributed by atoms with Crippen LogP contribution in [0.25, 0.3) is 0 Å². The lowest BCUT2D eigenvalue weighted by molar-refractivity contribution is -0.121. The van der Waals surface area contributed by atoms with Gasteiger partial charge in [-0.05, 0) is 30.4 Å². The second-order valence-corrected chi connectivity index (χ2v) is 4.39. The fourth-order valence-electron chi connectivity index (χ4n) is 1.81. The smallest absolute Gasteiger partial charge is 0.224 e. The third kappa shape index (κ3) is 2.83. The molecular formula is C13H18N2O. The monoisotopic (exact) mass is 218 g/mol. The first-order chi connectivity index (χ1) is 7.78. The average Bonchev–Trinajstić information content (AvgIpc) is 2.25. The Morgan fingerprint density at radius 1 is 1.25 bits per heavy atom. The van der Waals surface area contributed by atoms with Crippen molar-refractivity contribution in [3.05, 3.63) is 35.4 Å². The summed E-state index contributed by atoms with van der Waals surface area (Å²) in [5.41, 5.74) is 7.66. The highest BCUT2D eigenvalue weighted by molar-refractivity contribution is 5.78. The number of amides is 1. The van der Waals surface area contributed by atoms with Crippen molar-refractivity contribution in [2.75, 3.05) is 0 Å². The molecule has 2 rings (SSSR count). The number of hydrogen-bond acceptors (Lipinski definition) is 2. The van der Waals surface area contributed by atoms with Crippen molar-refractivity contribution in [2.24, 2.45) is 5.73 Å². The average molecular weight is 218 g/mol.